The maximum absolute atomic E-state index is 13.2. The van der Waals surface area contributed by atoms with Crippen molar-refractivity contribution < 1.29 is 33.7 Å². The molecule has 240 valence electrons. The summed E-state index contributed by atoms with van der Waals surface area (Å²) in [6, 6.07) is 29.4. The molecule has 0 radical (unpaired) electrons. The van der Waals surface area contributed by atoms with E-state index in [1.165, 1.54) is 97.1 Å². The fourth-order valence-corrected chi connectivity index (χ4v) is 8.81. The van der Waals surface area contributed by atoms with Crippen molar-refractivity contribution in [3.05, 3.63) is 121 Å². The number of hydrogen-bond acceptors (Lipinski definition) is 8. The van der Waals surface area contributed by atoms with Crippen molar-refractivity contribution in [1.29, 1.82) is 0 Å². The molecule has 0 aliphatic rings. The Morgan fingerprint density at radius 2 is 0.511 bits per heavy atom. The van der Waals surface area contributed by atoms with E-state index in [4.69, 9.17) is 0 Å². The third-order valence-corrected chi connectivity index (χ3v) is 12.4. The number of benzene rings is 4. The van der Waals surface area contributed by atoms with E-state index < -0.39 is 71.7 Å². The summed E-state index contributed by atoms with van der Waals surface area (Å²) in [6.07, 6.45) is 0. The van der Waals surface area contributed by atoms with Crippen molar-refractivity contribution in [2.24, 2.45) is 5.41 Å². The van der Waals surface area contributed by atoms with Crippen molar-refractivity contribution in [3.8, 4) is 0 Å². The summed E-state index contributed by atoms with van der Waals surface area (Å²) < 4.78 is 115. The van der Waals surface area contributed by atoms with Crippen LogP contribution in [0.15, 0.2) is 141 Å². The van der Waals surface area contributed by atoms with Gasteiger partial charge in [-0.3, -0.25) is 0 Å². The summed E-state index contributed by atoms with van der Waals surface area (Å²) in [5, 5.41) is 0. The summed E-state index contributed by atoms with van der Waals surface area (Å²) in [7, 11) is -16.8. The summed E-state index contributed by atoms with van der Waals surface area (Å²) in [6.45, 7) is -2.29. The highest BCUT2D eigenvalue weighted by molar-refractivity contribution is 7.90. The SMILES string of the molecule is O=S(=O)(NCC(CNS(=O)(=O)c1ccccc1)(CNS(=O)(=O)c1ccccc1)CNS(=O)(=O)c1ccccc1)c1ccccc1. The summed E-state index contributed by atoms with van der Waals surface area (Å²) in [4.78, 5) is -0.394. The largest absolute Gasteiger partial charge is 0.240 e. The summed E-state index contributed by atoms with van der Waals surface area (Å²) in [5.74, 6) is 0. The molecule has 0 spiro atoms. The number of nitrogens with one attached hydrogen (secondary N) is 4. The van der Waals surface area contributed by atoms with Crippen LogP contribution in [0.1, 0.15) is 0 Å². The first-order valence-electron chi connectivity index (χ1n) is 13.4. The molecule has 0 fully saturated rings. The fraction of sp³-hybridized carbons (Fsp3) is 0.172. The fourth-order valence-electron chi connectivity index (χ4n) is 4.10. The van der Waals surface area contributed by atoms with Crippen LogP contribution in [0.25, 0.3) is 0 Å². The van der Waals surface area contributed by atoms with Gasteiger partial charge in [0, 0.05) is 31.6 Å². The van der Waals surface area contributed by atoms with Gasteiger partial charge in [-0.2, -0.15) is 0 Å². The first-order valence-corrected chi connectivity index (χ1v) is 19.4. The molecule has 45 heavy (non-hydrogen) atoms. The standard InChI is InChI=1S/C29H32N4O8S4/c34-42(35,25-13-5-1-6-14-25)30-21-29(22-31-43(36,37)26-15-7-2-8-16-26,23-32-44(38,39)27-17-9-3-10-18-27)24-33-45(40,41)28-19-11-4-12-20-28/h1-20,30-33H,21-24H2. The second-order valence-electron chi connectivity index (χ2n) is 10.1. The molecule has 0 amide bonds. The first-order chi connectivity index (χ1) is 21.2. The molecule has 12 nitrogen and oxygen atoms in total. The number of rotatable bonds is 16. The van der Waals surface area contributed by atoms with Gasteiger partial charge in [0.05, 0.1) is 19.6 Å². The first kappa shape index (κ1) is 34.4. The molecule has 0 aliphatic heterocycles. The third-order valence-electron chi connectivity index (χ3n) is 6.76. The Hall–Kier alpha value is -3.48. The van der Waals surface area contributed by atoms with Crippen LogP contribution in [0, 0.1) is 5.41 Å². The zero-order chi connectivity index (χ0) is 32.6. The minimum Gasteiger partial charge on any atom is -0.210 e. The van der Waals surface area contributed by atoms with Gasteiger partial charge in [-0.1, -0.05) is 72.8 Å². The van der Waals surface area contributed by atoms with Gasteiger partial charge in [-0.25, -0.2) is 52.6 Å². The Morgan fingerprint density at radius 3 is 0.689 bits per heavy atom. The van der Waals surface area contributed by atoms with Gasteiger partial charge in [0.15, 0.2) is 0 Å². The number of sulfonamides is 4. The molecular weight excluding hydrogens is 661 g/mol. The van der Waals surface area contributed by atoms with Crippen molar-refractivity contribution >= 4 is 40.1 Å². The van der Waals surface area contributed by atoms with Gasteiger partial charge in [0.25, 0.3) is 0 Å². The Kier molecular flexibility index (Phi) is 10.9. The average molecular weight is 693 g/mol. The minimum absolute atomic E-state index is 0.0986. The highest BCUT2D eigenvalue weighted by Gasteiger charge is 2.37. The van der Waals surface area contributed by atoms with Crippen LogP contribution >= 0.6 is 0 Å². The van der Waals surface area contributed by atoms with E-state index in [2.05, 4.69) is 18.9 Å². The quantitative estimate of drug-likeness (QED) is 0.137. The lowest BCUT2D eigenvalue weighted by Gasteiger charge is -2.34. The molecule has 0 aliphatic carbocycles. The lowest BCUT2D eigenvalue weighted by atomic mass is 9.89. The van der Waals surface area contributed by atoms with Gasteiger partial charge in [0.2, 0.25) is 40.1 Å². The van der Waals surface area contributed by atoms with Crippen LogP contribution in [-0.2, 0) is 40.1 Å². The minimum atomic E-state index is -4.19. The van der Waals surface area contributed by atoms with Crippen LogP contribution in [0.5, 0.6) is 0 Å². The molecule has 0 heterocycles. The Labute approximate surface area is 264 Å². The smallest absolute Gasteiger partial charge is 0.210 e. The molecule has 0 bridgehead atoms. The van der Waals surface area contributed by atoms with Crippen LogP contribution < -0.4 is 18.9 Å². The lowest BCUT2D eigenvalue weighted by molar-refractivity contribution is 0.289. The maximum Gasteiger partial charge on any atom is 0.240 e. The molecular formula is C29H32N4O8S4. The highest BCUT2D eigenvalue weighted by atomic mass is 32.2. The van der Waals surface area contributed by atoms with Crippen molar-refractivity contribution in [1.82, 2.24) is 18.9 Å². The van der Waals surface area contributed by atoms with Gasteiger partial charge in [-0.05, 0) is 48.5 Å². The average Bonchev–Trinajstić information content (AvgIpc) is 3.06. The molecule has 4 N–H and O–H groups in total. The van der Waals surface area contributed by atoms with Crippen molar-refractivity contribution in [2.75, 3.05) is 26.2 Å². The Balaban J connectivity index is 1.73. The van der Waals surface area contributed by atoms with E-state index in [1.807, 2.05) is 0 Å². The number of hydrogen-bond donors (Lipinski definition) is 4. The zero-order valence-corrected chi connectivity index (χ0v) is 27.0. The van der Waals surface area contributed by atoms with Crippen molar-refractivity contribution in [2.45, 2.75) is 19.6 Å². The molecule has 0 saturated heterocycles. The van der Waals surface area contributed by atoms with Gasteiger partial charge in [0.1, 0.15) is 0 Å². The van der Waals surface area contributed by atoms with E-state index in [0.717, 1.165) is 0 Å². The van der Waals surface area contributed by atoms with Crippen LogP contribution in [0.3, 0.4) is 0 Å². The van der Waals surface area contributed by atoms with Crippen LogP contribution in [-0.4, -0.2) is 59.9 Å². The molecule has 4 aromatic rings. The Morgan fingerprint density at radius 1 is 0.333 bits per heavy atom. The van der Waals surface area contributed by atoms with E-state index >= 15 is 0 Å². The van der Waals surface area contributed by atoms with Crippen LogP contribution in [0.4, 0.5) is 0 Å². The molecule has 16 heteroatoms. The van der Waals surface area contributed by atoms with Crippen molar-refractivity contribution in [3.63, 3.8) is 0 Å². The van der Waals surface area contributed by atoms with E-state index in [1.54, 1.807) is 24.3 Å². The monoisotopic (exact) mass is 692 g/mol. The predicted octanol–water partition coefficient (Wildman–Crippen LogP) is 1.89. The second kappa shape index (κ2) is 14.3. The predicted molar refractivity (Wildman–Crippen MR) is 169 cm³/mol. The van der Waals surface area contributed by atoms with Gasteiger partial charge >= 0.3 is 0 Å². The summed E-state index contributed by atoms with van der Waals surface area (Å²) in [5.41, 5.74) is -1.71. The maximum atomic E-state index is 13.2. The second-order valence-corrected chi connectivity index (χ2v) is 17.1. The molecule has 4 rings (SSSR count). The normalized spacial score (nSPS) is 13.0. The Bertz CT molecular complexity index is 1700. The van der Waals surface area contributed by atoms with Gasteiger partial charge in [-0.15, -0.1) is 0 Å². The zero-order valence-electron chi connectivity index (χ0n) is 23.8. The molecule has 4 aromatic carbocycles. The molecule has 0 atom stereocenters. The third kappa shape index (κ3) is 9.27. The van der Waals surface area contributed by atoms with Gasteiger partial charge < -0.3 is 0 Å². The molecule has 0 aromatic heterocycles. The van der Waals surface area contributed by atoms with E-state index in [9.17, 15) is 33.7 Å². The molecule has 0 saturated carbocycles. The van der Waals surface area contributed by atoms with Crippen LogP contribution in [0.2, 0.25) is 0 Å². The topological polar surface area (TPSA) is 185 Å². The summed E-state index contributed by atoms with van der Waals surface area (Å²) >= 11 is 0. The van der Waals surface area contributed by atoms with E-state index in [-0.39, 0.29) is 19.6 Å². The lowest BCUT2D eigenvalue weighted by Crippen LogP contribution is -2.56. The van der Waals surface area contributed by atoms with E-state index in [0.29, 0.717) is 0 Å². The highest BCUT2D eigenvalue weighted by Crippen LogP contribution is 2.21. The molecule has 0 unspecified atom stereocenters.